The molecule has 154 valence electrons. The Hall–Kier alpha value is -3.16. The predicted molar refractivity (Wildman–Crippen MR) is 116 cm³/mol. The first-order chi connectivity index (χ1) is 14.5. The van der Waals surface area contributed by atoms with Crippen molar-refractivity contribution < 1.29 is 14.3 Å². The smallest absolute Gasteiger partial charge is 0.330 e. The minimum absolute atomic E-state index is 0.00126. The Labute approximate surface area is 183 Å². The van der Waals surface area contributed by atoms with Gasteiger partial charge in [0, 0.05) is 18.3 Å². The highest BCUT2D eigenvalue weighted by molar-refractivity contribution is 6.39. The Kier molecular flexibility index (Phi) is 7.21. The van der Waals surface area contributed by atoms with Crippen LogP contribution in [0.15, 0.2) is 60.8 Å². The summed E-state index contributed by atoms with van der Waals surface area (Å²) in [6.07, 6.45) is 1.60. The van der Waals surface area contributed by atoms with Crippen LogP contribution < -0.4 is 10.6 Å². The lowest BCUT2D eigenvalue weighted by atomic mass is 10.1. The zero-order valence-electron chi connectivity index (χ0n) is 15.9. The second kappa shape index (κ2) is 10.0. The van der Waals surface area contributed by atoms with Crippen molar-refractivity contribution in [2.45, 2.75) is 6.04 Å². The fraction of sp³-hybridized carbons (Fsp3) is 0.143. The monoisotopic (exact) mass is 444 g/mol. The summed E-state index contributed by atoms with van der Waals surface area (Å²) in [5.74, 6) is -0.935. The highest BCUT2D eigenvalue weighted by Crippen LogP contribution is 2.24. The number of amides is 1. The molecule has 0 unspecified atom stereocenters. The van der Waals surface area contributed by atoms with E-state index < -0.39 is 17.9 Å². The van der Waals surface area contributed by atoms with E-state index in [4.69, 9.17) is 27.9 Å². The normalized spacial score (nSPS) is 11.4. The number of hydrogen-bond acceptors (Lipinski definition) is 6. The average molecular weight is 445 g/mol. The number of aromatic nitrogens is 2. The van der Waals surface area contributed by atoms with Gasteiger partial charge in [0.1, 0.15) is 6.04 Å². The molecule has 0 aliphatic carbocycles. The van der Waals surface area contributed by atoms with Gasteiger partial charge in [0.15, 0.2) is 0 Å². The lowest BCUT2D eigenvalue weighted by Crippen LogP contribution is -2.46. The van der Waals surface area contributed by atoms with Crippen LogP contribution in [0.3, 0.4) is 0 Å². The van der Waals surface area contributed by atoms with Crippen molar-refractivity contribution in [3.8, 4) is 11.3 Å². The average Bonchev–Trinajstić information content (AvgIpc) is 2.76. The molecule has 0 bridgehead atoms. The number of benzene rings is 2. The van der Waals surface area contributed by atoms with Crippen molar-refractivity contribution in [2.24, 2.45) is 0 Å². The molecule has 0 saturated carbocycles. The number of esters is 1. The van der Waals surface area contributed by atoms with E-state index in [2.05, 4.69) is 20.6 Å². The van der Waals surface area contributed by atoms with Gasteiger partial charge in [0.05, 0.1) is 28.4 Å². The van der Waals surface area contributed by atoms with Gasteiger partial charge in [-0.05, 0) is 18.2 Å². The van der Waals surface area contributed by atoms with E-state index in [-0.39, 0.29) is 22.2 Å². The number of ether oxygens (including phenoxy) is 1. The summed E-state index contributed by atoms with van der Waals surface area (Å²) in [7, 11) is 1.23. The molecular weight excluding hydrogens is 427 g/mol. The summed E-state index contributed by atoms with van der Waals surface area (Å²) in [6.45, 7) is -0.00126. The lowest BCUT2D eigenvalue weighted by molar-refractivity contribution is -0.142. The van der Waals surface area contributed by atoms with Crippen LogP contribution in [0.4, 0.5) is 5.95 Å². The van der Waals surface area contributed by atoms with Crippen molar-refractivity contribution in [1.82, 2.24) is 15.3 Å². The SMILES string of the molecule is COC(=O)[C@H](CNc1nccc(-c2ccccc2)n1)NC(=O)c1c(Cl)cccc1Cl. The van der Waals surface area contributed by atoms with E-state index in [1.165, 1.54) is 19.2 Å². The maximum atomic E-state index is 12.6. The quantitative estimate of drug-likeness (QED) is 0.537. The van der Waals surface area contributed by atoms with E-state index in [0.717, 1.165) is 11.3 Å². The molecule has 9 heteroatoms. The van der Waals surface area contributed by atoms with Crippen LogP contribution in [0, 0.1) is 0 Å². The molecule has 0 spiro atoms. The summed E-state index contributed by atoms with van der Waals surface area (Å²) < 4.78 is 4.79. The van der Waals surface area contributed by atoms with Crippen LogP contribution in [0.1, 0.15) is 10.4 Å². The fourth-order valence-electron chi connectivity index (χ4n) is 2.69. The molecule has 0 saturated heterocycles. The number of anilines is 1. The van der Waals surface area contributed by atoms with Crippen molar-refractivity contribution in [3.05, 3.63) is 76.4 Å². The van der Waals surface area contributed by atoms with Crippen LogP contribution in [-0.2, 0) is 9.53 Å². The van der Waals surface area contributed by atoms with Gasteiger partial charge < -0.3 is 15.4 Å². The molecule has 0 aliphatic heterocycles. The minimum Gasteiger partial charge on any atom is -0.467 e. The van der Waals surface area contributed by atoms with Crippen LogP contribution in [0.2, 0.25) is 10.0 Å². The number of halogens is 2. The van der Waals surface area contributed by atoms with Gasteiger partial charge in [-0.1, -0.05) is 59.6 Å². The van der Waals surface area contributed by atoms with Crippen molar-refractivity contribution in [3.63, 3.8) is 0 Å². The zero-order chi connectivity index (χ0) is 21.5. The molecule has 1 amide bonds. The topological polar surface area (TPSA) is 93.2 Å². The van der Waals surface area contributed by atoms with Crippen molar-refractivity contribution >= 4 is 41.0 Å². The third-order valence-corrected chi connectivity index (χ3v) is 4.80. The Balaban J connectivity index is 1.73. The highest BCUT2D eigenvalue weighted by atomic mass is 35.5. The van der Waals surface area contributed by atoms with Crippen LogP contribution >= 0.6 is 23.2 Å². The molecule has 0 radical (unpaired) electrons. The molecule has 0 aliphatic rings. The molecule has 7 nitrogen and oxygen atoms in total. The molecular formula is C21H18Cl2N4O3. The van der Waals surface area contributed by atoms with Crippen molar-refractivity contribution in [1.29, 1.82) is 0 Å². The van der Waals surface area contributed by atoms with Crippen LogP contribution in [-0.4, -0.2) is 41.5 Å². The Morgan fingerprint density at radius 2 is 1.73 bits per heavy atom. The summed E-state index contributed by atoms with van der Waals surface area (Å²) in [6, 6.07) is 15.1. The third-order valence-electron chi connectivity index (χ3n) is 4.17. The number of nitrogens with one attached hydrogen (secondary N) is 2. The number of carbonyl (C=O) groups excluding carboxylic acids is 2. The zero-order valence-corrected chi connectivity index (χ0v) is 17.4. The van der Waals surface area contributed by atoms with Gasteiger partial charge in [-0.25, -0.2) is 14.8 Å². The Morgan fingerprint density at radius 1 is 1.03 bits per heavy atom. The number of methoxy groups -OCH3 is 1. The molecule has 2 aromatic carbocycles. The maximum absolute atomic E-state index is 12.6. The summed E-state index contributed by atoms with van der Waals surface area (Å²) in [5, 5.41) is 5.89. The summed E-state index contributed by atoms with van der Waals surface area (Å²) in [5.41, 5.74) is 1.72. The number of carbonyl (C=O) groups is 2. The van der Waals surface area contributed by atoms with E-state index in [0.29, 0.717) is 5.95 Å². The molecule has 2 N–H and O–H groups in total. The first-order valence-corrected chi connectivity index (χ1v) is 9.70. The number of hydrogen-bond donors (Lipinski definition) is 2. The Morgan fingerprint density at radius 3 is 2.40 bits per heavy atom. The van der Waals surface area contributed by atoms with Crippen molar-refractivity contribution in [2.75, 3.05) is 19.0 Å². The van der Waals surface area contributed by atoms with E-state index in [1.54, 1.807) is 18.3 Å². The van der Waals surface area contributed by atoms with Gasteiger partial charge in [-0.3, -0.25) is 4.79 Å². The number of rotatable bonds is 7. The number of nitrogens with zero attached hydrogens (tertiary/aromatic N) is 2. The minimum atomic E-state index is -1.01. The first-order valence-electron chi connectivity index (χ1n) is 8.94. The van der Waals surface area contributed by atoms with E-state index in [1.807, 2.05) is 30.3 Å². The fourth-order valence-corrected chi connectivity index (χ4v) is 3.26. The highest BCUT2D eigenvalue weighted by Gasteiger charge is 2.24. The molecule has 1 heterocycles. The molecule has 3 aromatic rings. The van der Waals surface area contributed by atoms with Gasteiger partial charge >= 0.3 is 5.97 Å². The molecule has 1 atom stereocenters. The predicted octanol–water partition coefficient (Wildman–Crippen LogP) is 3.83. The molecule has 0 fully saturated rings. The van der Waals surface area contributed by atoms with Crippen LogP contribution in [0.5, 0.6) is 0 Å². The molecule has 30 heavy (non-hydrogen) atoms. The van der Waals surface area contributed by atoms with E-state index in [9.17, 15) is 9.59 Å². The summed E-state index contributed by atoms with van der Waals surface area (Å²) >= 11 is 12.1. The van der Waals surface area contributed by atoms with Gasteiger partial charge in [-0.15, -0.1) is 0 Å². The van der Waals surface area contributed by atoms with E-state index >= 15 is 0 Å². The summed E-state index contributed by atoms with van der Waals surface area (Å²) in [4.78, 5) is 33.4. The standard InChI is InChI=1S/C21H18Cl2N4O3/c1-30-20(29)17(26-19(28)18-14(22)8-5-9-15(18)23)12-25-21-24-11-10-16(27-21)13-6-3-2-4-7-13/h2-11,17H,12H2,1H3,(H,26,28)(H,24,25,27)/t17-/m0/s1. The lowest BCUT2D eigenvalue weighted by Gasteiger charge is -2.18. The van der Waals surface area contributed by atoms with Gasteiger partial charge in [-0.2, -0.15) is 0 Å². The van der Waals surface area contributed by atoms with Crippen LogP contribution in [0.25, 0.3) is 11.3 Å². The first kappa shape index (κ1) is 21.5. The van der Waals surface area contributed by atoms with Gasteiger partial charge in [0.25, 0.3) is 5.91 Å². The largest absolute Gasteiger partial charge is 0.467 e. The second-order valence-corrected chi connectivity index (χ2v) is 6.97. The third kappa shape index (κ3) is 5.25. The second-order valence-electron chi connectivity index (χ2n) is 6.16. The Bertz CT molecular complexity index is 1030. The molecule has 1 aromatic heterocycles. The maximum Gasteiger partial charge on any atom is 0.330 e. The van der Waals surface area contributed by atoms with Gasteiger partial charge in [0.2, 0.25) is 5.95 Å². The molecule has 3 rings (SSSR count).